The summed E-state index contributed by atoms with van der Waals surface area (Å²) in [6.45, 7) is 4.44. The summed E-state index contributed by atoms with van der Waals surface area (Å²) in [6, 6.07) is 8.01. The average molecular weight is 404 g/mol. The molecule has 2 amide bonds. The lowest BCUT2D eigenvalue weighted by atomic mass is 10.1. The number of amides is 2. The Labute approximate surface area is 169 Å². The van der Waals surface area contributed by atoms with Crippen molar-refractivity contribution in [2.75, 3.05) is 13.7 Å². The molecule has 1 unspecified atom stereocenters. The van der Waals surface area contributed by atoms with Crippen LogP contribution in [0.1, 0.15) is 42.0 Å². The zero-order chi connectivity index (χ0) is 21.4. The van der Waals surface area contributed by atoms with Crippen LogP contribution in [-0.4, -0.2) is 25.5 Å². The zero-order valence-corrected chi connectivity index (χ0v) is 16.9. The number of hydrogen-bond acceptors (Lipinski definition) is 3. The molecule has 2 aromatic rings. The highest BCUT2D eigenvalue weighted by atomic mass is 19.2. The molecule has 7 heteroatoms. The fraction of sp³-hybridized carbons (Fsp3) is 0.364. The van der Waals surface area contributed by atoms with Crippen LogP contribution in [0.15, 0.2) is 36.4 Å². The Kier molecular flexibility index (Phi) is 8.12. The van der Waals surface area contributed by atoms with E-state index in [4.69, 9.17) is 4.74 Å². The molecule has 0 heterocycles. The van der Waals surface area contributed by atoms with Crippen molar-refractivity contribution in [3.05, 3.63) is 64.7 Å². The van der Waals surface area contributed by atoms with E-state index in [9.17, 15) is 18.4 Å². The number of aryl methyl sites for hydroxylation is 2. The van der Waals surface area contributed by atoms with Gasteiger partial charge in [-0.3, -0.25) is 9.59 Å². The van der Waals surface area contributed by atoms with Gasteiger partial charge in [0.2, 0.25) is 11.8 Å². The van der Waals surface area contributed by atoms with Crippen molar-refractivity contribution in [2.24, 2.45) is 0 Å². The van der Waals surface area contributed by atoms with E-state index in [-0.39, 0.29) is 17.9 Å². The molecule has 156 valence electrons. The van der Waals surface area contributed by atoms with Crippen LogP contribution in [0.2, 0.25) is 0 Å². The van der Waals surface area contributed by atoms with Gasteiger partial charge in [-0.05, 0) is 61.6 Å². The number of rotatable bonds is 9. The van der Waals surface area contributed by atoms with Crippen molar-refractivity contribution in [3.8, 4) is 5.75 Å². The Morgan fingerprint density at radius 2 is 1.79 bits per heavy atom. The van der Waals surface area contributed by atoms with Gasteiger partial charge in [-0.15, -0.1) is 0 Å². The standard InChI is InChI=1S/C22H26F2N2O3/c1-14-7-8-15(2)19(12-14)29-11-5-4-6-20(27)26-21(22(28)25-3)16-9-10-17(23)18(24)13-16/h7-10,12-13,21H,4-6,11H2,1-3H3,(H,25,28)(H,26,27). The van der Waals surface area contributed by atoms with Gasteiger partial charge in [0.25, 0.3) is 0 Å². The van der Waals surface area contributed by atoms with Crippen LogP contribution in [0.25, 0.3) is 0 Å². The molecule has 29 heavy (non-hydrogen) atoms. The molecule has 0 bridgehead atoms. The molecule has 0 aromatic heterocycles. The van der Waals surface area contributed by atoms with Crippen LogP contribution in [0.3, 0.4) is 0 Å². The first kappa shape index (κ1) is 22.3. The summed E-state index contributed by atoms with van der Waals surface area (Å²) in [7, 11) is 1.41. The van der Waals surface area contributed by atoms with Crippen LogP contribution in [-0.2, 0) is 9.59 Å². The smallest absolute Gasteiger partial charge is 0.246 e. The molecule has 1 atom stereocenters. The molecule has 2 rings (SSSR count). The fourth-order valence-electron chi connectivity index (χ4n) is 2.80. The third-order valence-corrected chi connectivity index (χ3v) is 4.49. The molecule has 0 saturated carbocycles. The molecule has 0 spiro atoms. The SMILES string of the molecule is CNC(=O)C(NC(=O)CCCCOc1cc(C)ccc1C)c1ccc(F)c(F)c1. The minimum absolute atomic E-state index is 0.176. The summed E-state index contributed by atoms with van der Waals surface area (Å²) in [6.07, 6.45) is 1.42. The van der Waals surface area contributed by atoms with Crippen molar-refractivity contribution < 1.29 is 23.1 Å². The van der Waals surface area contributed by atoms with Crippen LogP contribution >= 0.6 is 0 Å². The van der Waals surface area contributed by atoms with Gasteiger partial charge in [-0.25, -0.2) is 8.78 Å². The predicted molar refractivity (Wildman–Crippen MR) is 107 cm³/mol. The maximum Gasteiger partial charge on any atom is 0.246 e. The lowest BCUT2D eigenvalue weighted by Gasteiger charge is -2.18. The normalized spacial score (nSPS) is 11.6. The highest BCUT2D eigenvalue weighted by Crippen LogP contribution is 2.20. The second-order valence-electron chi connectivity index (χ2n) is 6.86. The quantitative estimate of drug-likeness (QED) is 0.626. The Morgan fingerprint density at radius 3 is 2.48 bits per heavy atom. The highest BCUT2D eigenvalue weighted by molar-refractivity contribution is 5.88. The summed E-state index contributed by atoms with van der Waals surface area (Å²) in [5.41, 5.74) is 2.34. The summed E-state index contributed by atoms with van der Waals surface area (Å²) < 4.78 is 32.4. The fourth-order valence-corrected chi connectivity index (χ4v) is 2.80. The van der Waals surface area contributed by atoms with Gasteiger partial charge in [-0.1, -0.05) is 18.2 Å². The first-order valence-corrected chi connectivity index (χ1v) is 9.47. The summed E-state index contributed by atoms with van der Waals surface area (Å²) in [4.78, 5) is 24.3. The number of nitrogens with one attached hydrogen (secondary N) is 2. The monoisotopic (exact) mass is 404 g/mol. The highest BCUT2D eigenvalue weighted by Gasteiger charge is 2.22. The molecule has 0 saturated heterocycles. The first-order valence-electron chi connectivity index (χ1n) is 9.47. The molecule has 2 aromatic carbocycles. The van der Waals surface area contributed by atoms with Crippen molar-refractivity contribution in [1.29, 1.82) is 0 Å². The number of benzene rings is 2. The lowest BCUT2D eigenvalue weighted by molar-refractivity contribution is -0.129. The summed E-state index contributed by atoms with van der Waals surface area (Å²) >= 11 is 0. The van der Waals surface area contributed by atoms with E-state index in [1.165, 1.54) is 13.1 Å². The van der Waals surface area contributed by atoms with E-state index in [1.807, 2.05) is 32.0 Å². The summed E-state index contributed by atoms with van der Waals surface area (Å²) in [5, 5.41) is 4.99. The van der Waals surface area contributed by atoms with E-state index < -0.39 is 23.6 Å². The molecular weight excluding hydrogens is 378 g/mol. The number of unbranched alkanes of at least 4 members (excludes halogenated alkanes) is 1. The van der Waals surface area contributed by atoms with Gasteiger partial charge in [0, 0.05) is 13.5 Å². The minimum atomic E-state index is -1.09. The topological polar surface area (TPSA) is 67.4 Å². The van der Waals surface area contributed by atoms with Crippen molar-refractivity contribution in [3.63, 3.8) is 0 Å². The van der Waals surface area contributed by atoms with Crippen LogP contribution in [0, 0.1) is 25.5 Å². The average Bonchev–Trinajstić information content (AvgIpc) is 2.70. The van der Waals surface area contributed by atoms with Gasteiger partial charge in [0.05, 0.1) is 6.61 Å². The maximum absolute atomic E-state index is 13.5. The van der Waals surface area contributed by atoms with Gasteiger partial charge in [-0.2, -0.15) is 0 Å². The Bertz CT molecular complexity index is 871. The molecule has 2 N–H and O–H groups in total. The minimum Gasteiger partial charge on any atom is -0.493 e. The number of carbonyl (C=O) groups excluding carboxylic acids is 2. The molecule has 0 aliphatic carbocycles. The number of halogens is 2. The Balaban J connectivity index is 1.84. The molecule has 0 fully saturated rings. The van der Waals surface area contributed by atoms with Crippen molar-refractivity contribution in [1.82, 2.24) is 10.6 Å². The molecule has 5 nitrogen and oxygen atoms in total. The van der Waals surface area contributed by atoms with E-state index in [1.54, 1.807) is 0 Å². The van der Waals surface area contributed by atoms with Crippen LogP contribution in [0.4, 0.5) is 8.78 Å². The molecule has 0 radical (unpaired) electrons. The number of likely N-dealkylation sites (N-methyl/N-ethyl adjacent to an activating group) is 1. The number of carbonyl (C=O) groups is 2. The van der Waals surface area contributed by atoms with Gasteiger partial charge < -0.3 is 15.4 Å². The van der Waals surface area contributed by atoms with Gasteiger partial charge >= 0.3 is 0 Å². The largest absolute Gasteiger partial charge is 0.493 e. The zero-order valence-electron chi connectivity index (χ0n) is 16.9. The van der Waals surface area contributed by atoms with Crippen molar-refractivity contribution >= 4 is 11.8 Å². The molecular formula is C22H26F2N2O3. The third-order valence-electron chi connectivity index (χ3n) is 4.49. The van der Waals surface area contributed by atoms with E-state index in [2.05, 4.69) is 10.6 Å². The van der Waals surface area contributed by atoms with Gasteiger partial charge in [0.15, 0.2) is 11.6 Å². The lowest BCUT2D eigenvalue weighted by Crippen LogP contribution is -2.39. The second kappa shape index (κ2) is 10.5. The predicted octanol–water partition coefficient (Wildman–Crippen LogP) is 3.73. The Hall–Kier alpha value is -2.96. The van der Waals surface area contributed by atoms with Gasteiger partial charge in [0.1, 0.15) is 11.8 Å². The Morgan fingerprint density at radius 1 is 1.03 bits per heavy atom. The van der Waals surface area contributed by atoms with Crippen molar-refractivity contribution in [2.45, 2.75) is 39.2 Å². The first-order chi connectivity index (χ1) is 13.8. The summed E-state index contributed by atoms with van der Waals surface area (Å²) in [5.74, 6) is -2.13. The van der Waals surface area contributed by atoms with Crippen LogP contribution < -0.4 is 15.4 Å². The third kappa shape index (κ3) is 6.55. The molecule has 0 aliphatic rings. The molecule has 0 aliphatic heterocycles. The second-order valence-corrected chi connectivity index (χ2v) is 6.86. The number of hydrogen-bond donors (Lipinski definition) is 2. The van der Waals surface area contributed by atoms with E-state index >= 15 is 0 Å². The number of ether oxygens (including phenoxy) is 1. The van der Waals surface area contributed by atoms with E-state index in [0.717, 1.165) is 29.0 Å². The maximum atomic E-state index is 13.5. The van der Waals surface area contributed by atoms with Crippen LogP contribution in [0.5, 0.6) is 5.75 Å². The van der Waals surface area contributed by atoms with E-state index in [0.29, 0.717) is 19.4 Å².